The van der Waals surface area contributed by atoms with E-state index >= 15 is 0 Å². The van der Waals surface area contributed by atoms with E-state index < -0.39 is 0 Å². The van der Waals surface area contributed by atoms with E-state index in [4.69, 9.17) is 9.47 Å². The van der Waals surface area contributed by atoms with Crippen molar-refractivity contribution < 1.29 is 9.47 Å². The monoisotopic (exact) mass is 387 g/mol. The van der Waals surface area contributed by atoms with Crippen LogP contribution in [0.1, 0.15) is 18.4 Å². The minimum absolute atomic E-state index is 0.465. The Hall–Kier alpha value is -2.78. The molecule has 150 valence electrons. The molecule has 1 unspecified atom stereocenters. The quantitative estimate of drug-likeness (QED) is 0.620. The van der Waals surface area contributed by atoms with E-state index in [9.17, 15) is 0 Å². The zero-order valence-corrected chi connectivity index (χ0v) is 17.3. The smallest absolute Gasteiger partial charge is 0.119 e. The number of fused-ring (bicyclic) bond motifs is 2. The van der Waals surface area contributed by atoms with Crippen LogP contribution in [0.4, 0.5) is 0 Å². The largest absolute Gasteiger partial charge is 0.501 e. The van der Waals surface area contributed by atoms with Crippen molar-refractivity contribution in [3.8, 4) is 5.75 Å². The summed E-state index contributed by atoms with van der Waals surface area (Å²) in [5, 5.41) is 6.18. The van der Waals surface area contributed by atoms with Gasteiger partial charge in [-0.05, 0) is 66.0 Å². The lowest BCUT2D eigenvalue weighted by Crippen LogP contribution is -2.22. The van der Waals surface area contributed by atoms with Gasteiger partial charge in [-0.2, -0.15) is 0 Å². The second-order valence-corrected chi connectivity index (χ2v) is 7.62. The molecule has 0 aliphatic heterocycles. The first-order chi connectivity index (χ1) is 14.3. The van der Waals surface area contributed by atoms with Crippen molar-refractivity contribution in [3.63, 3.8) is 0 Å². The van der Waals surface area contributed by atoms with Crippen molar-refractivity contribution >= 4 is 10.8 Å². The highest BCUT2D eigenvalue weighted by molar-refractivity contribution is 5.87. The topological polar surface area (TPSA) is 30.5 Å². The third-order valence-electron chi connectivity index (χ3n) is 5.92. The number of allylic oxidation sites excluding steroid dienone is 7. The van der Waals surface area contributed by atoms with E-state index in [1.807, 2.05) is 6.07 Å². The maximum atomic E-state index is 5.47. The summed E-state index contributed by atoms with van der Waals surface area (Å²) >= 11 is 0. The lowest BCUT2D eigenvalue weighted by molar-refractivity contribution is 0.267. The molecule has 2 aliphatic carbocycles. The van der Waals surface area contributed by atoms with E-state index in [2.05, 4.69) is 66.0 Å². The lowest BCUT2D eigenvalue weighted by Gasteiger charge is -2.27. The first-order valence-corrected chi connectivity index (χ1v) is 10.4. The van der Waals surface area contributed by atoms with Gasteiger partial charge >= 0.3 is 0 Å². The molecule has 3 heteroatoms. The molecule has 0 saturated carbocycles. The van der Waals surface area contributed by atoms with Gasteiger partial charge < -0.3 is 14.8 Å². The molecule has 0 aromatic heterocycles. The van der Waals surface area contributed by atoms with Gasteiger partial charge in [0.2, 0.25) is 0 Å². The van der Waals surface area contributed by atoms with Gasteiger partial charge in [0, 0.05) is 12.3 Å². The van der Waals surface area contributed by atoms with Gasteiger partial charge in [-0.1, -0.05) is 54.1 Å². The van der Waals surface area contributed by atoms with Crippen molar-refractivity contribution in [2.75, 3.05) is 27.3 Å². The maximum Gasteiger partial charge on any atom is 0.119 e. The molecule has 0 radical (unpaired) electrons. The van der Waals surface area contributed by atoms with Crippen LogP contribution in [0.3, 0.4) is 0 Å². The van der Waals surface area contributed by atoms with Gasteiger partial charge in [0.15, 0.2) is 0 Å². The Morgan fingerprint density at radius 2 is 1.86 bits per heavy atom. The Morgan fingerprint density at radius 3 is 2.72 bits per heavy atom. The first kappa shape index (κ1) is 19.5. The molecule has 2 aromatic rings. The molecule has 2 aromatic carbocycles. The summed E-state index contributed by atoms with van der Waals surface area (Å²) in [6.45, 7) is 1.96. The fraction of sp³-hybridized carbons (Fsp3) is 0.308. The van der Waals surface area contributed by atoms with Crippen molar-refractivity contribution in [2.24, 2.45) is 5.92 Å². The number of hydrogen-bond donors (Lipinski definition) is 1. The Bertz CT molecular complexity index is 997. The number of benzene rings is 2. The van der Waals surface area contributed by atoms with Gasteiger partial charge in [-0.3, -0.25) is 0 Å². The fourth-order valence-electron chi connectivity index (χ4n) is 4.26. The van der Waals surface area contributed by atoms with Gasteiger partial charge in [-0.25, -0.2) is 0 Å². The van der Waals surface area contributed by atoms with Gasteiger partial charge in [0.25, 0.3) is 0 Å². The summed E-state index contributed by atoms with van der Waals surface area (Å²) in [5.41, 5.74) is 4.25. The van der Waals surface area contributed by atoms with Crippen molar-refractivity contribution in [2.45, 2.75) is 19.3 Å². The summed E-state index contributed by atoms with van der Waals surface area (Å²) < 4.78 is 10.9. The van der Waals surface area contributed by atoms with E-state index in [0.717, 1.165) is 43.9 Å². The molecule has 29 heavy (non-hydrogen) atoms. The second-order valence-electron chi connectivity index (χ2n) is 7.62. The van der Waals surface area contributed by atoms with E-state index in [0.29, 0.717) is 5.92 Å². The fourth-order valence-corrected chi connectivity index (χ4v) is 4.26. The third-order valence-corrected chi connectivity index (χ3v) is 5.92. The minimum atomic E-state index is 0.465. The van der Waals surface area contributed by atoms with Crippen LogP contribution in [0.5, 0.6) is 5.75 Å². The van der Waals surface area contributed by atoms with Crippen LogP contribution < -0.4 is 10.1 Å². The van der Waals surface area contributed by atoms with Gasteiger partial charge in [-0.15, -0.1) is 0 Å². The standard InChI is InChI=1S/C26H29NO2/c1-28-23-11-9-19-5-3-7-21(25(19)17-23)13-15-27-16-14-22-8-4-6-20-10-12-24(29-2)18-26(20)22/h3-12,17,26-27H,13-16,18H2,1-2H3. The molecule has 3 nitrogen and oxygen atoms in total. The van der Waals surface area contributed by atoms with Crippen LogP contribution in [0.25, 0.3) is 10.8 Å². The second kappa shape index (κ2) is 9.15. The average molecular weight is 388 g/mol. The normalized spacial score (nSPS) is 18.0. The molecule has 0 amide bonds. The number of ether oxygens (including phenoxy) is 2. The molecule has 1 atom stereocenters. The lowest BCUT2D eigenvalue weighted by atomic mass is 9.80. The minimum Gasteiger partial charge on any atom is -0.501 e. The maximum absolute atomic E-state index is 5.47. The van der Waals surface area contributed by atoms with E-state index in [1.54, 1.807) is 14.2 Å². The summed E-state index contributed by atoms with van der Waals surface area (Å²) in [7, 11) is 3.48. The van der Waals surface area contributed by atoms with E-state index in [-0.39, 0.29) is 0 Å². The molecule has 0 spiro atoms. The zero-order chi connectivity index (χ0) is 20.1. The summed E-state index contributed by atoms with van der Waals surface area (Å²) in [4.78, 5) is 0. The molecule has 0 bridgehead atoms. The average Bonchev–Trinajstić information content (AvgIpc) is 2.78. The van der Waals surface area contributed by atoms with E-state index in [1.165, 1.54) is 27.5 Å². The van der Waals surface area contributed by atoms with Crippen LogP contribution in [0.2, 0.25) is 0 Å². The SMILES string of the molecule is COC1=CC=C2C=CC=C(CCNCCc3cccc4ccc(OC)cc34)C2C1. The van der Waals surface area contributed by atoms with Gasteiger partial charge in [0.1, 0.15) is 5.75 Å². The number of methoxy groups -OCH3 is 2. The Kier molecular flexibility index (Phi) is 6.16. The Balaban J connectivity index is 1.31. The molecule has 2 aliphatic rings. The summed E-state index contributed by atoms with van der Waals surface area (Å²) in [6.07, 6.45) is 14.0. The molecule has 0 heterocycles. The Labute approximate surface area is 173 Å². The van der Waals surface area contributed by atoms with Gasteiger partial charge in [0.05, 0.1) is 20.0 Å². The zero-order valence-electron chi connectivity index (χ0n) is 17.3. The number of rotatable bonds is 8. The van der Waals surface area contributed by atoms with Crippen LogP contribution in [-0.4, -0.2) is 27.3 Å². The highest BCUT2D eigenvalue weighted by Crippen LogP contribution is 2.36. The summed E-state index contributed by atoms with van der Waals surface area (Å²) in [6, 6.07) is 12.8. The van der Waals surface area contributed by atoms with Crippen LogP contribution in [-0.2, 0) is 11.2 Å². The first-order valence-electron chi connectivity index (χ1n) is 10.4. The van der Waals surface area contributed by atoms with Crippen LogP contribution >= 0.6 is 0 Å². The predicted octanol–water partition coefficient (Wildman–Crippen LogP) is 5.34. The molecular formula is C26H29NO2. The number of hydrogen-bond acceptors (Lipinski definition) is 3. The predicted molar refractivity (Wildman–Crippen MR) is 120 cm³/mol. The van der Waals surface area contributed by atoms with Crippen LogP contribution in [0.15, 0.2) is 83.7 Å². The number of nitrogens with one attached hydrogen (secondary N) is 1. The van der Waals surface area contributed by atoms with Crippen molar-refractivity contribution in [1.29, 1.82) is 0 Å². The van der Waals surface area contributed by atoms with Crippen molar-refractivity contribution in [1.82, 2.24) is 5.32 Å². The molecule has 1 N–H and O–H groups in total. The highest BCUT2D eigenvalue weighted by atomic mass is 16.5. The molecule has 4 rings (SSSR count). The van der Waals surface area contributed by atoms with Crippen LogP contribution in [0, 0.1) is 5.92 Å². The molecular weight excluding hydrogens is 358 g/mol. The third kappa shape index (κ3) is 4.46. The highest BCUT2D eigenvalue weighted by Gasteiger charge is 2.23. The summed E-state index contributed by atoms with van der Waals surface area (Å²) in [5.74, 6) is 2.45. The molecule has 0 fully saturated rings. The molecule has 0 saturated heterocycles. The van der Waals surface area contributed by atoms with Crippen molar-refractivity contribution in [3.05, 3.63) is 89.2 Å². The Morgan fingerprint density at radius 1 is 0.966 bits per heavy atom.